The van der Waals surface area contributed by atoms with Crippen LogP contribution in [-0.4, -0.2) is 44.0 Å². The Kier molecular flexibility index (Phi) is 10.1. The molecule has 1 amide bonds. The van der Waals surface area contributed by atoms with Crippen molar-refractivity contribution >= 4 is 39.5 Å². The molecule has 1 N–H and O–H groups in total. The number of carbonyl (C=O) groups excluding carboxylic acids is 2. The zero-order valence-corrected chi connectivity index (χ0v) is 27.0. The van der Waals surface area contributed by atoms with Crippen molar-refractivity contribution in [3.05, 3.63) is 120 Å². The molecule has 1 heterocycles. The highest BCUT2D eigenvalue weighted by atomic mass is 16.6. The molecule has 0 aliphatic carbocycles. The first kappa shape index (κ1) is 31.8. The molecule has 0 radical (unpaired) electrons. The van der Waals surface area contributed by atoms with Gasteiger partial charge in [-0.3, -0.25) is 4.79 Å². The molecule has 0 fully saturated rings. The summed E-state index contributed by atoms with van der Waals surface area (Å²) in [6.45, 7) is 2.41. The molecular weight excluding hydrogens is 588 g/mol. The van der Waals surface area contributed by atoms with Gasteiger partial charge in [0.1, 0.15) is 17.2 Å². The number of allylic oxidation sites excluding steroid dienone is 1. The Morgan fingerprint density at radius 2 is 1.53 bits per heavy atom. The fourth-order valence-electron chi connectivity index (χ4n) is 6.05. The molecule has 7 heteroatoms. The molecule has 240 valence electrons. The molecule has 47 heavy (non-hydrogen) atoms. The van der Waals surface area contributed by atoms with Gasteiger partial charge in [0.15, 0.2) is 5.76 Å². The second-order valence-electron chi connectivity index (χ2n) is 12.0. The van der Waals surface area contributed by atoms with E-state index in [-0.39, 0.29) is 5.78 Å². The largest absolute Gasteiger partial charge is 0.493 e. The molecule has 7 nitrogen and oxygen atoms in total. The van der Waals surface area contributed by atoms with Crippen LogP contribution in [0.2, 0.25) is 0 Å². The predicted octanol–water partition coefficient (Wildman–Crippen LogP) is 8.79. The maximum Gasteiger partial charge on any atom is 0.412 e. The summed E-state index contributed by atoms with van der Waals surface area (Å²) in [5.41, 5.74) is 2.65. The summed E-state index contributed by atoms with van der Waals surface area (Å²) in [6.07, 6.45) is 6.89. The van der Waals surface area contributed by atoms with Gasteiger partial charge in [0.05, 0.1) is 12.2 Å². The van der Waals surface area contributed by atoms with E-state index in [9.17, 15) is 9.59 Å². The molecule has 0 aromatic heterocycles. The molecule has 5 aromatic rings. The van der Waals surface area contributed by atoms with Gasteiger partial charge in [-0.25, -0.2) is 4.79 Å². The van der Waals surface area contributed by atoms with E-state index in [0.717, 1.165) is 77.9 Å². The number of benzene rings is 5. The zero-order chi connectivity index (χ0) is 32.6. The second-order valence-corrected chi connectivity index (χ2v) is 12.0. The maximum atomic E-state index is 13.3. The van der Waals surface area contributed by atoms with Crippen molar-refractivity contribution in [1.82, 2.24) is 10.2 Å². The lowest BCUT2D eigenvalue weighted by Crippen LogP contribution is -2.22. The van der Waals surface area contributed by atoms with Gasteiger partial charge < -0.3 is 24.4 Å². The predicted molar refractivity (Wildman–Crippen MR) is 187 cm³/mol. The van der Waals surface area contributed by atoms with Gasteiger partial charge in [0, 0.05) is 19.7 Å². The van der Waals surface area contributed by atoms with E-state index in [1.54, 1.807) is 19.2 Å². The average molecular weight is 629 g/mol. The van der Waals surface area contributed by atoms with Crippen LogP contribution in [0.5, 0.6) is 17.2 Å². The normalized spacial score (nSPS) is 13.3. The second kappa shape index (κ2) is 15.0. The highest BCUT2D eigenvalue weighted by molar-refractivity contribution is 6.17. The van der Waals surface area contributed by atoms with E-state index >= 15 is 0 Å². The molecule has 1 aliphatic rings. The molecule has 0 unspecified atom stereocenters. The maximum absolute atomic E-state index is 13.3. The molecular formula is C40H40N2O5. The monoisotopic (exact) mass is 628 g/mol. The first-order valence-corrected chi connectivity index (χ1v) is 16.3. The topological polar surface area (TPSA) is 77.1 Å². The lowest BCUT2D eigenvalue weighted by Gasteiger charge is -2.17. The van der Waals surface area contributed by atoms with Crippen LogP contribution >= 0.6 is 0 Å². The minimum Gasteiger partial charge on any atom is -0.493 e. The fourth-order valence-corrected chi connectivity index (χ4v) is 6.05. The number of Topliss-reactive ketones (excluding diaryl/α,β-unsaturated/α-hetero) is 1. The Labute approximate surface area is 275 Å². The molecule has 0 atom stereocenters. The molecule has 0 bridgehead atoms. The summed E-state index contributed by atoms with van der Waals surface area (Å²) in [6, 6.07) is 31.7. The summed E-state index contributed by atoms with van der Waals surface area (Å²) < 4.78 is 17.4. The van der Waals surface area contributed by atoms with Crippen molar-refractivity contribution in [2.24, 2.45) is 0 Å². The highest BCUT2D eigenvalue weighted by Gasteiger charge is 2.28. The van der Waals surface area contributed by atoms with Crippen LogP contribution in [0.3, 0.4) is 0 Å². The Balaban J connectivity index is 0.951. The summed E-state index contributed by atoms with van der Waals surface area (Å²) in [4.78, 5) is 27.1. The number of ketones is 1. The van der Waals surface area contributed by atoms with Gasteiger partial charge in [0.2, 0.25) is 5.78 Å². The van der Waals surface area contributed by atoms with Crippen LogP contribution in [0.1, 0.15) is 53.6 Å². The minimum atomic E-state index is -0.466. The van der Waals surface area contributed by atoms with Gasteiger partial charge in [-0.15, -0.1) is 0 Å². The first-order chi connectivity index (χ1) is 23.0. The third kappa shape index (κ3) is 7.81. The van der Waals surface area contributed by atoms with E-state index in [1.807, 2.05) is 60.7 Å². The summed E-state index contributed by atoms with van der Waals surface area (Å²) in [7, 11) is 3.65. The lowest BCUT2D eigenvalue weighted by atomic mass is 9.96. The van der Waals surface area contributed by atoms with Gasteiger partial charge in [-0.05, 0) is 95.5 Å². The van der Waals surface area contributed by atoms with Crippen LogP contribution in [-0.2, 0) is 6.54 Å². The third-order valence-electron chi connectivity index (χ3n) is 8.45. The summed E-state index contributed by atoms with van der Waals surface area (Å²) in [5.74, 6) is 2.01. The minimum absolute atomic E-state index is 0.113. The van der Waals surface area contributed by atoms with E-state index in [1.165, 1.54) is 0 Å². The van der Waals surface area contributed by atoms with Gasteiger partial charge >= 0.3 is 6.09 Å². The van der Waals surface area contributed by atoms with E-state index < -0.39 is 6.09 Å². The molecule has 0 saturated carbocycles. The number of carbonyl (C=O) groups is 2. The third-order valence-corrected chi connectivity index (χ3v) is 8.45. The molecule has 0 spiro atoms. The molecule has 1 aliphatic heterocycles. The number of hydrogen-bond acceptors (Lipinski definition) is 6. The Morgan fingerprint density at radius 3 is 2.30 bits per heavy atom. The number of hydrogen-bond donors (Lipinski definition) is 1. The van der Waals surface area contributed by atoms with Crippen LogP contribution < -0.4 is 19.5 Å². The number of rotatable bonds is 13. The summed E-state index contributed by atoms with van der Waals surface area (Å²) in [5, 5.41) is 6.87. The van der Waals surface area contributed by atoms with Gasteiger partial charge in [-0.2, -0.15) is 0 Å². The number of amides is 1. The van der Waals surface area contributed by atoms with Crippen molar-refractivity contribution in [2.75, 3.05) is 27.2 Å². The van der Waals surface area contributed by atoms with Crippen molar-refractivity contribution in [3.8, 4) is 17.2 Å². The van der Waals surface area contributed by atoms with Gasteiger partial charge in [-0.1, -0.05) is 79.9 Å². The van der Waals surface area contributed by atoms with Crippen LogP contribution in [0.4, 0.5) is 4.79 Å². The van der Waals surface area contributed by atoms with Crippen LogP contribution in [0.25, 0.3) is 27.6 Å². The van der Waals surface area contributed by atoms with Crippen LogP contribution in [0.15, 0.2) is 103 Å². The van der Waals surface area contributed by atoms with Crippen molar-refractivity contribution < 1.29 is 23.8 Å². The van der Waals surface area contributed by atoms with Gasteiger partial charge in [0.25, 0.3) is 0 Å². The van der Waals surface area contributed by atoms with E-state index in [0.29, 0.717) is 35.2 Å². The number of nitrogens with one attached hydrogen (secondary N) is 1. The first-order valence-electron chi connectivity index (χ1n) is 16.3. The summed E-state index contributed by atoms with van der Waals surface area (Å²) >= 11 is 0. The molecule has 5 aromatic carbocycles. The number of unbranched alkanes of at least 4 members (excludes halogenated alkanes) is 4. The van der Waals surface area contributed by atoms with E-state index in [2.05, 4.69) is 47.6 Å². The number of fused-ring (bicyclic) bond motifs is 3. The highest BCUT2D eigenvalue weighted by Crippen LogP contribution is 2.37. The van der Waals surface area contributed by atoms with Crippen molar-refractivity contribution in [2.45, 2.75) is 38.6 Å². The fraction of sp³-hybridized carbons (Fsp3) is 0.250. The quantitative estimate of drug-likeness (QED) is 0.0798. The standard InChI is InChI=1S/C40H40N2O5/c1-41-40(44)46-32-16-12-13-28(23-32)27-42(2)21-10-4-3-5-11-22-45-31-19-20-35-37(25-31)47-38(39(35)43)26-36-33-17-8-6-14-29(33)24-30-15-7-9-18-34(30)36/h6-9,12-20,23-26H,3-5,10-11,21-22,27H2,1-2H3,(H,41,44)/b38-26-. The Hall–Kier alpha value is -5.14. The Morgan fingerprint density at radius 1 is 0.809 bits per heavy atom. The Bertz CT molecular complexity index is 1880. The average Bonchev–Trinajstić information content (AvgIpc) is 3.39. The van der Waals surface area contributed by atoms with E-state index in [4.69, 9.17) is 14.2 Å². The van der Waals surface area contributed by atoms with Crippen LogP contribution in [0, 0.1) is 0 Å². The number of ether oxygens (including phenoxy) is 3. The van der Waals surface area contributed by atoms with Crippen molar-refractivity contribution in [1.29, 1.82) is 0 Å². The zero-order valence-electron chi connectivity index (χ0n) is 27.0. The molecule has 0 saturated heterocycles. The SMILES string of the molecule is CNC(=O)Oc1cccc(CN(C)CCCCCCCOc2ccc3c(c2)O/C(=C\c2c4ccccc4cc4ccccc24)C3=O)c1. The lowest BCUT2D eigenvalue weighted by molar-refractivity contribution is 0.101. The number of nitrogens with zero attached hydrogens (tertiary/aromatic N) is 1. The van der Waals surface area contributed by atoms with Crippen molar-refractivity contribution in [3.63, 3.8) is 0 Å². The smallest absolute Gasteiger partial charge is 0.412 e. The molecule has 6 rings (SSSR count).